The molecule has 0 fully saturated rings. The molecular weight excluding hydrogens is 468 g/mol. The number of nitrogens with zero attached hydrogens (tertiary/aromatic N) is 5. The highest BCUT2D eigenvalue weighted by Crippen LogP contribution is 2.40. The van der Waals surface area contributed by atoms with E-state index in [0.29, 0.717) is 53.3 Å². The van der Waals surface area contributed by atoms with Crippen LogP contribution in [-0.4, -0.2) is 57.6 Å². The van der Waals surface area contributed by atoms with Gasteiger partial charge in [-0.3, -0.25) is 4.57 Å². The van der Waals surface area contributed by atoms with Gasteiger partial charge in [-0.15, -0.1) is 10.2 Å². The Hall–Kier alpha value is -2.89. The van der Waals surface area contributed by atoms with Gasteiger partial charge in [-0.05, 0) is 31.0 Å². The van der Waals surface area contributed by atoms with E-state index in [1.807, 2.05) is 13.8 Å². The highest BCUT2D eigenvalue weighted by atomic mass is 35.5. The molecule has 0 bridgehead atoms. The predicted octanol–water partition coefficient (Wildman–Crippen LogP) is 3.14. The van der Waals surface area contributed by atoms with Gasteiger partial charge in [-0.25, -0.2) is 21.9 Å². The lowest BCUT2D eigenvalue weighted by molar-refractivity contribution is 0.318. The number of aromatic nitrogens is 5. The Morgan fingerprint density at radius 1 is 1.21 bits per heavy atom. The minimum Gasteiger partial charge on any atom is -0.493 e. The van der Waals surface area contributed by atoms with E-state index in [9.17, 15) is 13.2 Å². The van der Waals surface area contributed by atoms with Crippen molar-refractivity contribution in [1.29, 1.82) is 0 Å². The molecule has 4 rings (SSSR count). The second-order valence-corrected chi connectivity index (χ2v) is 10.3. The fraction of sp³-hybridized carbons (Fsp3) is 0.381. The maximum absolute atomic E-state index is 13.0. The number of H-pyrrole nitrogens is 1. The lowest BCUT2D eigenvalue weighted by atomic mass is 10.1. The van der Waals surface area contributed by atoms with E-state index in [1.165, 1.54) is 37.0 Å². The van der Waals surface area contributed by atoms with E-state index in [-0.39, 0.29) is 15.6 Å². The van der Waals surface area contributed by atoms with Crippen LogP contribution in [0.15, 0.2) is 34.2 Å². The number of nitrogens with one attached hydrogen (secondary N) is 1. The molecule has 0 atom stereocenters. The molecule has 10 nitrogen and oxygen atoms in total. The molecule has 3 aromatic heterocycles. The third-order valence-corrected chi connectivity index (χ3v) is 7.48. The van der Waals surface area contributed by atoms with Crippen LogP contribution in [0.4, 0.5) is 0 Å². The van der Waals surface area contributed by atoms with Gasteiger partial charge in [-0.2, -0.15) is 0 Å². The van der Waals surface area contributed by atoms with Crippen LogP contribution < -0.4 is 10.4 Å². The number of sulfonamides is 1. The van der Waals surface area contributed by atoms with E-state index in [1.54, 1.807) is 10.6 Å². The van der Waals surface area contributed by atoms with Crippen LogP contribution in [-0.2, 0) is 16.6 Å². The third-order valence-electron chi connectivity index (χ3n) is 5.30. The van der Waals surface area contributed by atoms with Crippen LogP contribution in [0, 0.1) is 0 Å². The molecule has 0 radical (unpaired) electrons. The van der Waals surface area contributed by atoms with Crippen LogP contribution >= 0.6 is 11.6 Å². The summed E-state index contributed by atoms with van der Waals surface area (Å²) >= 11 is 6.84. The first kappa shape index (κ1) is 23.3. The van der Waals surface area contributed by atoms with E-state index >= 15 is 0 Å². The van der Waals surface area contributed by atoms with Gasteiger partial charge in [0.25, 0.3) is 0 Å². The van der Waals surface area contributed by atoms with Crippen molar-refractivity contribution in [3.05, 3.63) is 40.0 Å². The minimum absolute atomic E-state index is 0.0969. The number of hydrogen-bond donors (Lipinski definition) is 1. The largest absolute Gasteiger partial charge is 0.493 e. The zero-order valence-electron chi connectivity index (χ0n) is 18.8. The van der Waals surface area contributed by atoms with Crippen molar-refractivity contribution >= 4 is 38.3 Å². The first-order valence-electron chi connectivity index (χ1n) is 10.6. The quantitative estimate of drug-likeness (QED) is 0.404. The van der Waals surface area contributed by atoms with Crippen LogP contribution in [0.25, 0.3) is 27.9 Å². The van der Waals surface area contributed by atoms with Crippen molar-refractivity contribution in [2.75, 3.05) is 20.7 Å². The summed E-state index contributed by atoms with van der Waals surface area (Å²) in [5, 5.41) is 8.24. The molecule has 0 aliphatic heterocycles. The van der Waals surface area contributed by atoms with Gasteiger partial charge in [0, 0.05) is 26.2 Å². The molecule has 3 heterocycles. The topological polar surface area (TPSA) is 115 Å². The third kappa shape index (κ3) is 3.79. The molecule has 1 aromatic carbocycles. The Morgan fingerprint density at radius 2 is 1.97 bits per heavy atom. The molecular formula is C21H25ClN6O4S. The lowest BCUT2D eigenvalue weighted by Crippen LogP contribution is -2.26. The summed E-state index contributed by atoms with van der Waals surface area (Å²) in [5.41, 5.74) is 1.96. The monoisotopic (exact) mass is 492 g/mol. The van der Waals surface area contributed by atoms with Gasteiger partial charge >= 0.3 is 5.69 Å². The van der Waals surface area contributed by atoms with E-state index in [0.717, 1.165) is 10.7 Å². The molecule has 0 aliphatic carbocycles. The van der Waals surface area contributed by atoms with Crippen LogP contribution in [0.5, 0.6) is 5.75 Å². The fourth-order valence-corrected chi connectivity index (χ4v) is 4.96. The maximum atomic E-state index is 13.0. The molecule has 12 heteroatoms. The molecule has 176 valence electrons. The van der Waals surface area contributed by atoms with Crippen LogP contribution in [0.2, 0.25) is 5.02 Å². The number of fused-ring (bicyclic) bond motifs is 3. The molecule has 33 heavy (non-hydrogen) atoms. The second-order valence-electron chi connectivity index (χ2n) is 7.79. The molecule has 0 unspecified atom stereocenters. The van der Waals surface area contributed by atoms with Gasteiger partial charge < -0.3 is 9.72 Å². The molecule has 0 saturated carbocycles. The number of ether oxygens (including phenoxy) is 1. The molecule has 0 amide bonds. The number of aryl methyl sites for hydroxylation is 1. The summed E-state index contributed by atoms with van der Waals surface area (Å²) in [4.78, 5) is 16.4. The lowest BCUT2D eigenvalue weighted by Gasteiger charge is -2.15. The highest BCUT2D eigenvalue weighted by Gasteiger charge is 2.25. The number of aromatic amines is 1. The Balaban J connectivity index is 2.06. The first-order chi connectivity index (χ1) is 15.7. The Labute approximate surface area is 195 Å². The molecule has 0 spiro atoms. The molecule has 4 aromatic rings. The fourth-order valence-electron chi connectivity index (χ4n) is 3.68. The Bertz CT molecular complexity index is 1500. The minimum atomic E-state index is -3.70. The van der Waals surface area contributed by atoms with Gasteiger partial charge in [0.2, 0.25) is 10.0 Å². The van der Waals surface area contributed by atoms with Gasteiger partial charge in [0.1, 0.15) is 17.6 Å². The van der Waals surface area contributed by atoms with E-state index in [4.69, 9.17) is 16.3 Å². The van der Waals surface area contributed by atoms with Crippen LogP contribution in [0.1, 0.15) is 26.7 Å². The molecule has 0 saturated heterocycles. The highest BCUT2D eigenvalue weighted by molar-refractivity contribution is 7.89. The van der Waals surface area contributed by atoms with E-state index < -0.39 is 10.0 Å². The van der Waals surface area contributed by atoms with Crippen molar-refractivity contribution < 1.29 is 13.2 Å². The molecule has 0 aliphatic rings. The summed E-state index contributed by atoms with van der Waals surface area (Å²) in [6, 6.07) is 4.65. The number of rotatable bonds is 8. The average Bonchev–Trinajstić information content (AvgIpc) is 3.40. The Kier molecular flexibility index (Phi) is 6.21. The summed E-state index contributed by atoms with van der Waals surface area (Å²) in [7, 11) is -0.757. The van der Waals surface area contributed by atoms with Gasteiger partial charge in [-0.1, -0.05) is 25.4 Å². The summed E-state index contributed by atoms with van der Waals surface area (Å²) in [5.74, 6) is 0.477. The van der Waals surface area contributed by atoms with Crippen molar-refractivity contribution in [2.24, 2.45) is 0 Å². The SMILES string of the molecule is CCCOc1ccc(S(=O)(=O)N(C)C)cc1-c1[nH]c2c(c1Cl)n(CCC)c(=O)n1cnnc21. The summed E-state index contributed by atoms with van der Waals surface area (Å²) in [6.45, 7) is 4.82. The van der Waals surface area contributed by atoms with Crippen molar-refractivity contribution in [3.8, 4) is 17.0 Å². The Morgan fingerprint density at radius 3 is 2.64 bits per heavy atom. The summed E-state index contributed by atoms with van der Waals surface area (Å²) in [6.07, 6.45) is 2.84. The van der Waals surface area contributed by atoms with Crippen molar-refractivity contribution in [2.45, 2.75) is 38.1 Å². The smallest absolute Gasteiger partial charge is 0.335 e. The zero-order chi connectivity index (χ0) is 23.9. The van der Waals surface area contributed by atoms with E-state index in [2.05, 4.69) is 15.2 Å². The number of hydrogen-bond acceptors (Lipinski definition) is 6. The summed E-state index contributed by atoms with van der Waals surface area (Å²) < 4.78 is 35.6. The average molecular weight is 493 g/mol. The van der Waals surface area contributed by atoms with Crippen LogP contribution in [0.3, 0.4) is 0 Å². The number of benzene rings is 1. The van der Waals surface area contributed by atoms with Crippen molar-refractivity contribution in [1.82, 2.24) is 28.5 Å². The molecule has 1 N–H and O–H groups in total. The predicted molar refractivity (Wildman–Crippen MR) is 126 cm³/mol. The zero-order valence-corrected chi connectivity index (χ0v) is 20.4. The van der Waals surface area contributed by atoms with Gasteiger partial charge in [0.15, 0.2) is 5.65 Å². The van der Waals surface area contributed by atoms with Crippen molar-refractivity contribution in [3.63, 3.8) is 0 Å². The normalized spacial score (nSPS) is 12.3. The van der Waals surface area contributed by atoms with Gasteiger partial charge in [0.05, 0.1) is 27.7 Å². The second kappa shape index (κ2) is 8.81. The standard InChI is InChI=1S/C21H25ClN6O4S/c1-5-9-27-19-16(22)17(24-18(19)20-25-23-12-28(20)21(27)29)14-11-13(33(30,31)26(3)4)7-8-15(14)32-10-6-2/h7-8,11-12,24H,5-6,9-10H2,1-4H3. The first-order valence-corrected chi connectivity index (χ1v) is 12.4. The number of halogens is 1. The maximum Gasteiger partial charge on any atom is 0.335 e.